The summed E-state index contributed by atoms with van der Waals surface area (Å²) in [4.78, 5) is 12.0. The molecule has 1 saturated heterocycles. The SMILES string of the molecule is Cc1ccc(O)c(C(=O)NCC2(O)CCOCC2)c1. The number of hydrogen-bond donors (Lipinski definition) is 3. The first-order valence-corrected chi connectivity index (χ1v) is 6.38. The first-order valence-electron chi connectivity index (χ1n) is 6.38. The number of phenolic OH excluding ortho intramolecular Hbond substituents is 1. The molecule has 1 fully saturated rings. The van der Waals surface area contributed by atoms with Gasteiger partial charge in [-0.1, -0.05) is 11.6 Å². The predicted molar refractivity (Wildman–Crippen MR) is 70.2 cm³/mol. The zero-order chi connectivity index (χ0) is 13.9. The van der Waals surface area contributed by atoms with Gasteiger partial charge in [-0.2, -0.15) is 0 Å². The summed E-state index contributed by atoms with van der Waals surface area (Å²) in [6, 6.07) is 4.85. The Kier molecular flexibility index (Phi) is 4.07. The molecule has 5 heteroatoms. The van der Waals surface area contributed by atoms with Crippen LogP contribution in [-0.4, -0.2) is 41.5 Å². The highest BCUT2D eigenvalue weighted by molar-refractivity contribution is 5.97. The molecule has 0 unspecified atom stereocenters. The lowest BCUT2D eigenvalue weighted by molar-refractivity contribution is -0.0605. The smallest absolute Gasteiger partial charge is 0.255 e. The van der Waals surface area contributed by atoms with Gasteiger partial charge in [-0.05, 0) is 19.1 Å². The van der Waals surface area contributed by atoms with Gasteiger partial charge in [0.25, 0.3) is 5.91 Å². The maximum Gasteiger partial charge on any atom is 0.255 e. The molecule has 1 aliphatic heterocycles. The quantitative estimate of drug-likeness (QED) is 0.761. The Morgan fingerprint density at radius 2 is 2.11 bits per heavy atom. The number of carbonyl (C=O) groups excluding carboxylic acids is 1. The van der Waals surface area contributed by atoms with Crippen LogP contribution >= 0.6 is 0 Å². The molecule has 0 aliphatic carbocycles. The minimum atomic E-state index is -0.909. The number of aryl methyl sites for hydroxylation is 1. The minimum Gasteiger partial charge on any atom is -0.507 e. The molecular formula is C14H19NO4. The van der Waals surface area contributed by atoms with Gasteiger partial charge in [0.15, 0.2) is 0 Å². The van der Waals surface area contributed by atoms with Crippen LogP contribution in [0.25, 0.3) is 0 Å². The number of benzene rings is 1. The summed E-state index contributed by atoms with van der Waals surface area (Å²) in [5, 5.41) is 22.6. The van der Waals surface area contributed by atoms with E-state index in [2.05, 4.69) is 5.32 Å². The van der Waals surface area contributed by atoms with E-state index in [1.54, 1.807) is 12.1 Å². The normalized spacial score (nSPS) is 18.0. The Hall–Kier alpha value is -1.59. The van der Waals surface area contributed by atoms with Crippen molar-refractivity contribution in [2.75, 3.05) is 19.8 Å². The summed E-state index contributed by atoms with van der Waals surface area (Å²) >= 11 is 0. The second-order valence-corrected chi connectivity index (χ2v) is 5.04. The van der Waals surface area contributed by atoms with E-state index in [-0.39, 0.29) is 23.8 Å². The third kappa shape index (κ3) is 3.45. The summed E-state index contributed by atoms with van der Waals surface area (Å²) in [6.45, 7) is 3.02. The number of aromatic hydroxyl groups is 1. The second kappa shape index (κ2) is 5.59. The van der Waals surface area contributed by atoms with E-state index < -0.39 is 5.60 Å². The Balaban J connectivity index is 1.99. The largest absolute Gasteiger partial charge is 0.507 e. The van der Waals surface area contributed by atoms with E-state index >= 15 is 0 Å². The molecule has 0 aromatic heterocycles. The monoisotopic (exact) mass is 265 g/mol. The Morgan fingerprint density at radius 3 is 2.79 bits per heavy atom. The molecule has 19 heavy (non-hydrogen) atoms. The highest BCUT2D eigenvalue weighted by Gasteiger charge is 2.30. The number of carbonyl (C=O) groups is 1. The molecule has 1 aliphatic rings. The Labute approximate surface area is 112 Å². The molecule has 0 radical (unpaired) electrons. The van der Waals surface area contributed by atoms with Gasteiger partial charge in [0.1, 0.15) is 5.75 Å². The van der Waals surface area contributed by atoms with Gasteiger partial charge >= 0.3 is 0 Å². The highest BCUT2D eigenvalue weighted by atomic mass is 16.5. The number of aliphatic hydroxyl groups is 1. The van der Waals surface area contributed by atoms with Crippen LogP contribution in [-0.2, 0) is 4.74 Å². The zero-order valence-corrected chi connectivity index (χ0v) is 11.0. The van der Waals surface area contributed by atoms with Gasteiger partial charge < -0.3 is 20.3 Å². The third-order valence-electron chi connectivity index (χ3n) is 3.40. The van der Waals surface area contributed by atoms with Crippen LogP contribution in [0.15, 0.2) is 18.2 Å². The van der Waals surface area contributed by atoms with Gasteiger partial charge in [0, 0.05) is 32.6 Å². The van der Waals surface area contributed by atoms with Crippen LogP contribution in [0.2, 0.25) is 0 Å². The van der Waals surface area contributed by atoms with Crippen LogP contribution in [0.4, 0.5) is 0 Å². The van der Waals surface area contributed by atoms with Crippen molar-refractivity contribution in [1.29, 1.82) is 0 Å². The third-order valence-corrected chi connectivity index (χ3v) is 3.40. The van der Waals surface area contributed by atoms with Crippen molar-refractivity contribution in [3.8, 4) is 5.75 Å². The van der Waals surface area contributed by atoms with Gasteiger partial charge in [-0.25, -0.2) is 0 Å². The van der Waals surface area contributed by atoms with E-state index in [1.165, 1.54) is 6.07 Å². The second-order valence-electron chi connectivity index (χ2n) is 5.04. The van der Waals surface area contributed by atoms with E-state index in [4.69, 9.17) is 4.74 Å². The van der Waals surface area contributed by atoms with Crippen molar-refractivity contribution in [3.05, 3.63) is 29.3 Å². The molecule has 2 rings (SSSR count). The van der Waals surface area contributed by atoms with Crippen molar-refractivity contribution in [1.82, 2.24) is 5.32 Å². The maximum atomic E-state index is 12.0. The number of nitrogens with one attached hydrogen (secondary N) is 1. The molecule has 0 atom stereocenters. The van der Waals surface area contributed by atoms with Crippen LogP contribution in [0, 0.1) is 6.92 Å². The summed E-state index contributed by atoms with van der Waals surface area (Å²) in [5.41, 5.74) is 0.219. The standard InChI is InChI=1S/C14H19NO4/c1-10-2-3-12(16)11(8-10)13(17)15-9-14(18)4-6-19-7-5-14/h2-3,8,16,18H,4-7,9H2,1H3,(H,15,17). The van der Waals surface area contributed by atoms with Gasteiger partial charge in [-0.3, -0.25) is 4.79 Å². The lowest BCUT2D eigenvalue weighted by Gasteiger charge is -2.32. The topological polar surface area (TPSA) is 78.8 Å². The van der Waals surface area contributed by atoms with E-state index in [0.29, 0.717) is 26.1 Å². The molecule has 0 saturated carbocycles. The Morgan fingerprint density at radius 1 is 1.42 bits per heavy atom. The number of ether oxygens (including phenoxy) is 1. The first-order chi connectivity index (χ1) is 9.00. The Bertz CT molecular complexity index is 467. The molecule has 1 aromatic carbocycles. The lowest BCUT2D eigenvalue weighted by atomic mass is 9.94. The zero-order valence-electron chi connectivity index (χ0n) is 11.0. The lowest BCUT2D eigenvalue weighted by Crippen LogP contribution is -2.46. The molecule has 0 spiro atoms. The first kappa shape index (κ1) is 13.8. The summed E-state index contributed by atoms with van der Waals surface area (Å²) < 4.78 is 5.18. The van der Waals surface area contributed by atoms with Crippen molar-refractivity contribution in [2.45, 2.75) is 25.4 Å². The minimum absolute atomic E-state index is 0.0536. The predicted octanol–water partition coefficient (Wildman–Crippen LogP) is 0.972. The fraction of sp³-hybridized carbons (Fsp3) is 0.500. The van der Waals surface area contributed by atoms with Gasteiger partial charge in [0.05, 0.1) is 11.2 Å². The van der Waals surface area contributed by atoms with E-state index in [9.17, 15) is 15.0 Å². The summed E-state index contributed by atoms with van der Waals surface area (Å²) in [7, 11) is 0. The van der Waals surface area contributed by atoms with Crippen LogP contribution in [0.3, 0.4) is 0 Å². The van der Waals surface area contributed by atoms with Crippen molar-refractivity contribution >= 4 is 5.91 Å². The van der Waals surface area contributed by atoms with Crippen LogP contribution in [0.1, 0.15) is 28.8 Å². The van der Waals surface area contributed by atoms with Crippen molar-refractivity contribution < 1.29 is 19.7 Å². The van der Waals surface area contributed by atoms with Crippen molar-refractivity contribution in [3.63, 3.8) is 0 Å². The molecule has 104 valence electrons. The van der Waals surface area contributed by atoms with Gasteiger partial charge in [-0.15, -0.1) is 0 Å². The molecule has 5 nitrogen and oxygen atoms in total. The molecule has 1 heterocycles. The number of amides is 1. The fourth-order valence-electron chi connectivity index (χ4n) is 2.10. The fourth-order valence-corrected chi connectivity index (χ4v) is 2.10. The number of phenols is 1. The molecule has 1 amide bonds. The molecular weight excluding hydrogens is 246 g/mol. The summed E-state index contributed by atoms with van der Waals surface area (Å²) in [6.07, 6.45) is 1.01. The van der Waals surface area contributed by atoms with E-state index in [1.807, 2.05) is 6.92 Å². The molecule has 0 bridgehead atoms. The van der Waals surface area contributed by atoms with Crippen LogP contribution in [0.5, 0.6) is 5.75 Å². The number of rotatable bonds is 3. The summed E-state index contributed by atoms with van der Waals surface area (Å²) in [5.74, 6) is -0.428. The van der Waals surface area contributed by atoms with Crippen molar-refractivity contribution in [2.24, 2.45) is 0 Å². The highest BCUT2D eigenvalue weighted by Crippen LogP contribution is 2.21. The number of hydrogen-bond acceptors (Lipinski definition) is 4. The molecule has 1 aromatic rings. The average molecular weight is 265 g/mol. The maximum absolute atomic E-state index is 12.0. The molecule has 3 N–H and O–H groups in total. The average Bonchev–Trinajstić information content (AvgIpc) is 2.40. The van der Waals surface area contributed by atoms with E-state index in [0.717, 1.165) is 5.56 Å². The van der Waals surface area contributed by atoms with Crippen LogP contribution < -0.4 is 5.32 Å². The van der Waals surface area contributed by atoms with Gasteiger partial charge in [0.2, 0.25) is 0 Å².